The first-order chi connectivity index (χ1) is 9.61. The van der Waals surface area contributed by atoms with Crippen molar-refractivity contribution in [3.63, 3.8) is 0 Å². The average molecular weight is 275 g/mol. The fourth-order valence-corrected chi connectivity index (χ4v) is 2.52. The standard InChI is InChI=1S/C17H29N3/c1-5-18-14(4)15-6-9-17(19-12-15)20(16-7-8-16)11-10-13(2)3/h6,9,12-14,16,18H,5,7-8,10-11H2,1-4H3. The van der Waals surface area contributed by atoms with Crippen molar-refractivity contribution in [2.75, 3.05) is 18.0 Å². The zero-order valence-corrected chi connectivity index (χ0v) is 13.4. The fourth-order valence-electron chi connectivity index (χ4n) is 2.52. The van der Waals surface area contributed by atoms with Crippen LogP contribution in [-0.4, -0.2) is 24.1 Å². The highest BCUT2D eigenvalue weighted by molar-refractivity contribution is 5.42. The van der Waals surface area contributed by atoms with Crippen LogP contribution in [0, 0.1) is 5.92 Å². The van der Waals surface area contributed by atoms with Gasteiger partial charge < -0.3 is 10.2 Å². The molecule has 2 rings (SSSR count). The highest BCUT2D eigenvalue weighted by Crippen LogP contribution is 2.31. The van der Waals surface area contributed by atoms with Crippen LogP contribution < -0.4 is 10.2 Å². The molecule has 0 amide bonds. The van der Waals surface area contributed by atoms with Gasteiger partial charge in [0, 0.05) is 24.8 Å². The first kappa shape index (κ1) is 15.3. The smallest absolute Gasteiger partial charge is 0.128 e. The summed E-state index contributed by atoms with van der Waals surface area (Å²) in [5.74, 6) is 1.91. The molecular formula is C17H29N3. The largest absolute Gasteiger partial charge is 0.354 e. The van der Waals surface area contributed by atoms with Crippen molar-refractivity contribution in [2.24, 2.45) is 5.92 Å². The van der Waals surface area contributed by atoms with E-state index in [0.29, 0.717) is 6.04 Å². The predicted molar refractivity (Wildman–Crippen MR) is 86.2 cm³/mol. The monoisotopic (exact) mass is 275 g/mol. The Balaban J connectivity index is 2.02. The number of hydrogen-bond donors (Lipinski definition) is 1. The second-order valence-electron chi connectivity index (χ2n) is 6.34. The van der Waals surface area contributed by atoms with Gasteiger partial charge in [-0.05, 0) is 50.3 Å². The van der Waals surface area contributed by atoms with Gasteiger partial charge in [0.25, 0.3) is 0 Å². The average Bonchev–Trinajstić information content (AvgIpc) is 3.24. The SMILES string of the molecule is CCNC(C)c1ccc(N(CCC(C)C)C2CC2)nc1. The maximum absolute atomic E-state index is 4.71. The van der Waals surface area contributed by atoms with Crippen molar-refractivity contribution in [3.05, 3.63) is 23.9 Å². The van der Waals surface area contributed by atoms with Crippen molar-refractivity contribution in [3.8, 4) is 0 Å². The zero-order valence-electron chi connectivity index (χ0n) is 13.4. The van der Waals surface area contributed by atoms with E-state index in [1.54, 1.807) is 0 Å². The van der Waals surface area contributed by atoms with Gasteiger partial charge in [-0.2, -0.15) is 0 Å². The van der Waals surface area contributed by atoms with Gasteiger partial charge in [0.15, 0.2) is 0 Å². The van der Waals surface area contributed by atoms with E-state index in [1.807, 2.05) is 6.20 Å². The normalized spacial score (nSPS) is 16.4. The van der Waals surface area contributed by atoms with Gasteiger partial charge in [0.1, 0.15) is 5.82 Å². The molecule has 1 fully saturated rings. The topological polar surface area (TPSA) is 28.2 Å². The van der Waals surface area contributed by atoms with Crippen molar-refractivity contribution in [1.82, 2.24) is 10.3 Å². The van der Waals surface area contributed by atoms with E-state index in [4.69, 9.17) is 4.98 Å². The third-order valence-corrected chi connectivity index (χ3v) is 4.01. The van der Waals surface area contributed by atoms with Crippen molar-refractivity contribution in [1.29, 1.82) is 0 Å². The second-order valence-corrected chi connectivity index (χ2v) is 6.34. The Morgan fingerprint density at radius 2 is 2.05 bits per heavy atom. The molecule has 3 heteroatoms. The second kappa shape index (κ2) is 7.07. The van der Waals surface area contributed by atoms with Gasteiger partial charge in [-0.25, -0.2) is 4.98 Å². The Bertz CT molecular complexity index is 395. The van der Waals surface area contributed by atoms with Gasteiger partial charge in [-0.1, -0.05) is 26.8 Å². The number of anilines is 1. The van der Waals surface area contributed by atoms with Gasteiger partial charge in [-0.3, -0.25) is 0 Å². The lowest BCUT2D eigenvalue weighted by Gasteiger charge is -2.25. The number of aromatic nitrogens is 1. The van der Waals surface area contributed by atoms with Crippen molar-refractivity contribution >= 4 is 5.82 Å². The summed E-state index contributed by atoms with van der Waals surface area (Å²) in [6, 6.07) is 5.53. The van der Waals surface area contributed by atoms with Gasteiger partial charge >= 0.3 is 0 Å². The maximum atomic E-state index is 4.71. The summed E-state index contributed by atoms with van der Waals surface area (Å²) in [5.41, 5.74) is 1.27. The Hall–Kier alpha value is -1.09. The minimum absolute atomic E-state index is 0.381. The summed E-state index contributed by atoms with van der Waals surface area (Å²) in [6.07, 6.45) is 5.94. The number of nitrogens with zero attached hydrogens (tertiary/aromatic N) is 2. The van der Waals surface area contributed by atoms with Crippen molar-refractivity contribution in [2.45, 2.75) is 59.0 Å². The molecule has 1 aromatic heterocycles. The van der Waals surface area contributed by atoms with Crippen LogP contribution in [0.3, 0.4) is 0 Å². The first-order valence-electron chi connectivity index (χ1n) is 8.07. The molecule has 1 N–H and O–H groups in total. The maximum Gasteiger partial charge on any atom is 0.128 e. The van der Waals surface area contributed by atoms with Crippen LogP contribution in [-0.2, 0) is 0 Å². The molecule has 3 nitrogen and oxygen atoms in total. The molecule has 1 aromatic rings. The molecule has 0 spiro atoms. The molecule has 1 aliphatic carbocycles. The van der Waals surface area contributed by atoms with Gasteiger partial charge in [-0.15, -0.1) is 0 Å². The fraction of sp³-hybridized carbons (Fsp3) is 0.706. The lowest BCUT2D eigenvalue weighted by molar-refractivity contribution is 0.567. The molecule has 112 valence electrons. The van der Waals surface area contributed by atoms with Crippen LogP contribution >= 0.6 is 0 Å². The van der Waals surface area contributed by atoms with Crippen LogP contribution in [0.5, 0.6) is 0 Å². The Labute approximate surface area is 123 Å². The summed E-state index contributed by atoms with van der Waals surface area (Å²) in [6.45, 7) is 11.0. The number of rotatable bonds is 8. The minimum Gasteiger partial charge on any atom is -0.354 e. The van der Waals surface area contributed by atoms with Crippen LogP contribution in [0.2, 0.25) is 0 Å². The Kier molecular flexibility index (Phi) is 5.41. The van der Waals surface area contributed by atoms with Crippen LogP contribution in [0.1, 0.15) is 58.6 Å². The van der Waals surface area contributed by atoms with Crippen molar-refractivity contribution < 1.29 is 0 Å². The highest BCUT2D eigenvalue weighted by atomic mass is 15.2. The predicted octanol–water partition coefficient (Wildman–Crippen LogP) is 3.77. The lowest BCUT2D eigenvalue weighted by atomic mass is 10.1. The third-order valence-electron chi connectivity index (χ3n) is 4.01. The molecule has 1 aliphatic rings. The van der Waals surface area contributed by atoms with E-state index in [2.05, 4.69) is 50.0 Å². The molecule has 1 saturated carbocycles. The Morgan fingerprint density at radius 3 is 2.55 bits per heavy atom. The zero-order chi connectivity index (χ0) is 14.5. The summed E-state index contributed by atoms with van der Waals surface area (Å²) in [7, 11) is 0. The van der Waals surface area contributed by atoms with Crippen LogP contribution in [0.15, 0.2) is 18.3 Å². The molecule has 1 heterocycles. The van der Waals surface area contributed by atoms with E-state index in [0.717, 1.165) is 30.9 Å². The van der Waals surface area contributed by atoms with E-state index < -0.39 is 0 Å². The summed E-state index contributed by atoms with van der Waals surface area (Å²) in [5, 5.41) is 3.43. The molecule has 1 atom stereocenters. The molecule has 1 unspecified atom stereocenters. The molecular weight excluding hydrogens is 246 g/mol. The Morgan fingerprint density at radius 1 is 1.30 bits per heavy atom. The van der Waals surface area contributed by atoms with E-state index in [9.17, 15) is 0 Å². The lowest BCUT2D eigenvalue weighted by Crippen LogP contribution is -2.28. The molecule has 20 heavy (non-hydrogen) atoms. The summed E-state index contributed by atoms with van der Waals surface area (Å²) < 4.78 is 0. The van der Waals surface area contributed by atoms with Crippen LogP contribution in [0.25, 0.3) is 0 Å². The third kappa shape index (κ3) is 4.20. The minimum atomic E-state index is 0.381. The van der Waals surface area contributed by atoms with E-state index >= 15 is 0 Å². The number of hydrogen-bond acceptors (Lipinski definition) is 3. The number of nitrogens with one attached hydrogen (secondary N) is 1. The molecule has 0 aliphatic heterocycles. The summed E-state index contributed by atoms with van der Waals surface area (Å²) >= 11 is 0. The molecule has 0 radical (unpaired) electrons. The number of pyridine rings is 1. The molecule has 0 aromatic carbocycles. The quantitative estimate of drug-likeness (QED) is 0.783. The first-order valence-corrected chi connectivity index (χ1v) is 8.07. The highest BCUT2D eigenvalue weighted by Gasteiger charge is 2.29. The van der Waals surface area contributed by atoms with Gasteiger partial charge in [0.05, 0.1) is 0 Å². The molecule has 0 saturated heterocycles. The van der Waals surface area contributed by atoms with E-state index in [1.165, 1.54) is 24.8 Å². The van der Waals surface area contributed by atoms with Crippen LogP contribution in [0.4, 0.5) is 5.82 Å². The van der Waals surface area contributed by atoms with E-state index in [-0.39, 0.29) is 0 Å². The summed E-state index contributed by atoms with van der Waals surface area (Å²) in [4.78, 5) is 7.21. The van der Waals surface area contributed by atoms with Gasteiger partial charge in [0.2, 0.25) is 0 Å². The molecule has 0 bridgehead atoms.